The molecule has 0 amide bonds. The van der Waals surface area contributed by atoms with E-state index < -0.39 is 5.97 Å². The summed E-state index contributed by atoms with van der Waals surface area (Å²) in [6, 6.07) is 7.61. The Balaban J connectivity index is 0.00000180. The first-order chi connectivity index (χ1) is 8.34. The van der Waals surface area contributed by atoms with Crippen LogP contribution >= 0.6 is 24.0 Å². The van der Waals surface area contributed by atoms with Gasteiger partial charge in [0, 0.05) is 5.02 Å². The van der Waals surface area contributed by atoms with E-state index in [4.69, 9.17) is 16.7 Å². The minimum absolute atomic E-state index is 0. The quantitative estimate of drug-likeness (QED) is 0.891. The van der Waals surface area contributed by atoms with E-state index in [0.717, 1.165) is 11.1 Å². The highest BCUT2D eigenvalue weighted by atomic mass is 35.5. The molecule has 0 aliphatic heterocycles. The van der Waals surface area contributed by atoms with Crippen LogP contribution in [0, 0.1) is 17.3 Å². The number of carbonyl (C=O) groups is 1. The van der Waals surface area contributed by atoms with Crippen LogP contribution in [0.5, 0.6) is 0 Å². The average molecular weight is 301 g/mol. The maximum absolute atomic E-state index is 11.1. The molecule has 0 radical (unpaired) electrons. The number of allylic oxidation sites excluding steroid dienone is 2. The summed E-state index contributed by atoms with van der Waals surface area (Å²) in [6.07, 6.45) is 2.07. The van der Waals surface area contributed by atoms with E-state index in [9.17, 15) is 4.79 Å². The van der Waals surface area contributed by atoms with Crippen molar-refractivity contribution in [2.75, 3.05) is 0 Å². The second kappa shape index (κ2) is 5.56. The van der Waals surface area contributed by atoms with Crippen LogP contribution in [0.4, 0.5) is 0 Å². The van der Waals surface area contributed by atoms with Crippen molar-refractivity contribution < 1.29 is 9.90 Å². The minimum atomic E-state index is -0.704. The number of hydrogen-bond donors (Lipinski definition) is 1. The van der Waals surface area contributed by atoms with E-state index in [0.29, 0.717) is 5.02 Å². The van der Waals surface area contributed by atoms with Gasteiger partial charge >= 0.3 is 5.97 Å². The van der Waals surface area contributed by atoms with Crippen LogP contribution in [-0.2, 0) is 4.79 Å². The Labute approximate surface area is 124 Å². The normalized spacial score (nSPS) is 24.5. The lowest BCUT2D eigenvalue weighted by Crippen LogP contribution is -2.03. The van der Waals surface area contributed by atoms with Gasteiger partial charge in [-0.2, -0.15) is 0 Å². The Morgan fingerprint density at radius 2 is 1.84 bits per heavy atom. The maximum Gasteiger partial charge on any atom is 0.307 e. The number of carboxylic acids is 1. The van der Waals surface area contributed by atoms with Gasteiger partial charge in [-0.25, -0.2) is 0 Å². The highest BCUT2D eigenvalue weighted by molar-refractivity contribution is 6.30. The molecule has 2 rings (SSSR count). The molecule has 2 nitrogen and oxygen atoms in total. The van der Waals surface area contributed by atoms with Crippen LogP contribution in [0.2, 0.25) is 5.02 Å². The van der Waals surface area contributed by atoms with Crippen LogP contribution < -0.4 is 0 Å². The lowest BCUT2D eigenvalue weighted by atomic mass is 10.0. The third kappa shape index (κ3) is 3.13. The summed E-state index contributed by atoms with van der Waals surface area (Å²) in [6.45, 7) is 6.01. The van der Waals surface area contributed by atoms with Gasteiger partial charge in [0.2, 0.25) is 0 Å². The molecule has 0 spiro atoms. The number of rotatable bonds is 3. The fourth-order valence-corrected chi connectivity index (χ4v) is 2.66. The number of benzene rings is 1. The number of carboxylic acid groups (broad SMARTS) is 1. The van der Waals surface area contributed by atoms with Gasteiger partial charge in [0.05, 0.1) is 5.92 Å². The third-order valence-corrected chi connectivity index (χ3v) is 4.16. The van der Waals surface area contributed by atoms with Crippen molar-refractivity contribution in [2.24, 2.45) is 17.3 Å². The summed E-state index contributed by atoms with van der Waals surface area (Å²) in [5.41, 5.74) is 2.05. The number of hydrogen-bond acceptors (Lipinski definition) is 1. The topological polar surface area (TPSA) is 37.3 Å². The van der Waals surface area contributed by atoms with Gasteiger partial charge < -0.3 is 5.11 Å². The summed E-state index contributed by atoms with van der Waals surface area (Å²) in [4.78, 5) is 11.1. The molecule has 0 heterocycles. The summed E-state index contributed by atoms with van der Waals surface area (Å²) >= 11 is 5.85. The van der Waals surface area contributed by atoms with Crippen LogP contribution in [0.25, 0.3) is 5.57 Å². The number of aliphatic carboxylic acids is 1. The van der Waals surface area contributed by atoms with E-state index in [1.54, 1.807) is 0 Å². The van der Waals surface area contributed by atoms with Gasteiger partial charge in [0.1, 0.15) is 0 Å². The van der Waals surface area contributed by atoms with E-state index in [1.165, 1.54) is 0 Å². The van der Waals surface area contributed by atoms with E-state index in [1.807, 2.05) is 45.0 Å². The molecule has 2 atom stereocenters. The fraction of sp³-hybridized carbons (Fsp3) is 0.400. The molecule has 2 unspecified atom stereocenters. The molecular weight excluding hydrogens is 283 g/mol. The predicted octanol–water partition coefficient (Wildman–Crippen LogP) is 4.52. The Hall–Kier alpha value is -0.990. The van der Waals surface area contributed by atoms with Crippen molar-refractivity contribution in [3.8, 4) is 0 Å². The lowest BCUT2D eigenvalue weighted by Gasteiger charge is -2.03. The summed E-state index contributed by atoms with van der Waals surface area (Å²) < 4.78 is 0. The first kappa shape index (κ1) is 16.1. The summed E-state index contributed by atoms with van der Waals surface area (Å²) in [5.74, 6) is -0.851. The van der Waals surface area contributed by atoms with Gasteiger partial charge in [-0.05, 0) is 41.5 Å². The molecule has 1 aromatic rings. The Morgan fingerprint density at radius 3 is 2.26 bits per heavy atom. The zero-order valence-corrected chi connectivity index (χ0v) is 12.8. The molecule has 0 saturated heterocycles. The number of halogens is 2. The lowest BCUT2D eigenvalue weighted by molar-refractivity contribution is -0.139. The zero-order valence-electron chi connectivity index (χ0n) is 11.2. The molecular formula is C15H18Cl2O2. The van der Waals surface area contributed by atoms with Crippen molar-refractivity contribution in [1.29, 1.82) is 0 Å². The molecule has 1 aliphatic rings. The van der Waals surface area contributed by atoms with E-state index >= 15 is 0 Å². The Bertz CT molecular complexity index is 503. The van der Waals surface area contributed by atoms with Crippen LogP contribution in [-0.4, -0.2) is 11.1 Å². The zero-order chi connectivity index (χ0) is 13.5. The van der Waals surface area contributed by atoms with Gasteiger partial charge in [0.25, 0.3) is 0 Å². The van der Waals surface area contributed by atoms with Crippen molar-refractivity contribution in [2.45, 2.75) is 20.8 Å². The van der Waals surface area contributed by atoms with Crippen LogP contribution in [0.15, 0.2) is 30.3 Å². The van der Waals surface area contributed by atoms with Crippen molar-refractivity contribution in [3.05, 3.63) is 40.9 Å². The molecule has 104 valence electrons. The van der Waals surface area contributed by atoms with Crippen molar-refractivity contribution in [3.63, 3.8) is 0 Å². The predicted molar refractivity (Wildman–Crippen MR) is 80.7 cm³/mol. The third-order valence-electron chi connectivity index (χ3n) is 3.91. The van der Waals surface area contributed by atoms with Crippen molar-refractivity contribution in [1.82, 2.24) is 0 Å². The van der Waals surface area contributed by atoms with Gasteiger partial charge in [-0.1, -0.05) is 43.7 Å². The highest BCUT2D eigenvalue weighted by Gasteiger charge is 2.60. The van der Waals surface area contributed by atoms with Crippen LogP contribution in [0.3, 0.4) is 0 Å². The molecule has 19 heavy (non-hydrogen) atoms. The molecule has 0 aromatic heterocycles. The standard InChI is InChI=1S/C15H17ClO2.ClH/c1-9(10-4-6-11(16)7-5-10)8-12-13(14(17)18)15(12,2)3;/h4-8,12-13H,1-3H3,(H,17,18);1H. The summed E-state index contributed by atoms with van der Waals surface area (Å²) in [5, 5.41) is 9.84. The smallest absolute Gasteiger partial charge is 0.307 e. The molecule has 1 saturated carbocycles. The molecule has 0 bridgehead atoms. The monoisotopic (exact) mass is 300 g/mol. The largest absolute Gasteiger partial charge is 0.481 e. The fourth-order valence-electron chi connectivity index (χ4n) is 2.54. The van der Waals surface area contributed by atoms with Gasteiger partial charge in [-0.3, -0.25) is 4.79 Å². The maximum atomic E-state index is 11.1. The average Bonchev–Trinajstić information content (AvgIpc) is 2.81. The van der Waals surface area contributed by atoms with E-state index in [-0.39, 0.29) is 29.7 Å². The molecule has 4 heteroatoms. The highest BCUT2D eigenvalue weighted by Crippen LogP contribution is 2.59. The second-order valence-electron chi connectivity index (χ2n) is 5.52. The minimum Gasteiger partial charge on any atom is -0.481 e. The first-order valence-electron chi connectivity index (χ1n) is 6.01. The van der Waals surface area contributed by atoms with Gasteiger partial charge in [-0.15, -0.1) is 12.4 Å². The Kier molecular flexibility index (Phi) is 4.70. The van der Waals surface area contributed by atoms with Gasteiger partial charge in [0.15, 0.2) is 0 Å². The molecule has 1 fully saturated rings. The summed E-state index contributed by atoms with van der Waals surface area (Å²) in [7, 11) is 0. The Morgan fingerprint density at radius 1 is 1.32 bits per heavy atom. The SMILES string of the molecule is CC(=CC1C(C(=O)O)C1(C)C)c1ccc(Cl)cc1.Cl. The molecule has 1 aromatic carbocycles. The molecule has 1 aliphatic carbocycles. The van der Waals surface area contributed by atoms with E-state index in [2.05, 4.69) is 6.08 Å². The second-order valence-corrected chi connectivity index (χ2v) is 5.96. The first-order valence-corrected chi connectivity index (χ1v) is 6.39. The molecule has 1 N–H and O–H groups in total. The van der Waals surface area contributed by atoms with Crippen LogP contribution in [0.1, 0.15) is 26.3 Å². The van der Waals surface area contributed by atoms with Crippen molar-refractivity contribution >= 4 is 35.6 Å².